The number of carbonyl (C=O) groups excluding carboxylic acids is 1. The topological polar surface area (TPSA) is 82.9 Å². The SMILES string of the molecule is Cc1ncc(CN2C(=O)c3cc(S(C)(=O)=O)ccc3N3C2=NC[C@@H]3C2CC2)s1. The highest BCUT2D eigenvalue weighted by Crippen LogP contribution is 2.43. The van der Waals surface area contributed by atoms with E-state index in [-0.39, 0.29) is 16.8 Å². The summed E-state index contributed by atoms with van der Waals surface area (Å²) < 4.78 is 24.1. The van der Waals surface area contributed by atoms with Crippen LogP contribution in [-0.2, 0) is 16.4 Å². The first-order valence-corrected chi connectivity index (χ1v) is 11.9. The van der Waals surface area contributed by atoms with Crippen molar-refractivity contribution in [3.8, 4) is 0 Å². The van der Waals surface area contributed by atoms with Crippen molar-refractivity contribution in [2.45, 2.75) is 37.2 Å². The Bertz CT molecular complexity index is 1120. The lowest BCUT2D eigenvalue weighted by Gasteiger charge is -2.38. The number of nitrogens with zero attached hydrogens (tertiary/aromatic N) is 4. The Kier molecular flexibility index (Phi) is 3.89. The number of benzene rings is 1. The van der Waals surface area contributed by atoms with Crippen LogP contribution in [0.2, 0.25) is 0 Å². The van der Waals surface area contributed by atoms with Crippen molar-refractivity contribution in [3.63, 3.8) is 0 Å². The largest absolute Gasteiger partial charge is 0.306 e. The van der Waals surface area contributed by atoms with Crippen molar-refractivity contribution >= 4 is 38.7 Å². The van der Waals surface area contributed by atoms with Gasteiger partial charge < -0.3 is 4.90 Å². The molecular formula is C19H20N4O3S2. The van der Waals surface area contributed by atoms with Crippen molar-refractivity contribution in [1.82, 2.24) is 9.88 Å². The highest BCUT2D eigenvalue weighted by molar-refractivity contribution is 7.90. The van der Waals surface area contributed by atoms with Crippen molar-refractivity contribution < 1.29 is 13.2 Å². The Morgan fingerprint density at radius 2 is 2.07 bits per heavy atom. The minimum absolute atomic E-state index is 0.163. The summed E-state index contributed by atoms with van der Waals surface area (Å²) in [5.74, 6) is 1.04. The molecule has 28 heavy (non-hydrogen) atoms. The van der Waals surface area contributed by atoms with Crippen LogP contribution in [0.1, 0.15) is 33.1 Å². The van der Waals surface area contributed by atoms with E-state index in [0.29, 0.717) is 30.5 Å². The summed E-state index contributed by atoms with van der Waals surface area (Å²) in [5, 5.41) is 0.945. The molecule has 3 heterocycles. The number of sulfone groups is 1. The molecule has 1 atom stereocenters. The average molecular weight is 417 g/mol. The third kappa shape index (κ3) is 2.84. The fourth-order valence-corrected chi connectivity index (χ4v) is 5.40. The fraction of sp³-hybridized carbons (Fsp3) is 0.421. The number of aryl methyl sites for hydroxylation is 1. The van der Waals surface area contributed by atoms with Crippen LogP contribution in [0.15, 0.2) is 34.3 Å². The highest BCUT2D eigenvalue weighted by Gasteiger charge is 2.47. The Labute approximate surface area is 167 Å². The van der Waals surface area contributed by atoms with Crippen LogP contribution in [0.3, 0.4) is 0 Å². The van der Waals surface area contributed by atoms with Crippen LogP contribution >= 0.6 is 11.3 Å². The van der Waals surface area contributed by atoms with E-state index in [2.05, 4.69) is 9.88 Å². The molecule has 5 rings (SSSR count). The second-order valence-corrected chi connectivity index (χ2v) is 10.9. The molecule has 1 saturated carbocycles. The number of hydrogen-bond donors (Lipinski definition) is 0. The van der Waals surface area contributed by atoms with Crippen LogP contribution in [0, 0.1) is 12.8 Å². The monoisotopic (exact) mass is 416 g/mol. The maximum Gasteiger partial charge on any atom is 0.263 e. The number of guanidine groups is 1. The number of hydrogen-bond acceptors (Lipinski definition) is 7. The molecule has 146 valence electrons. The lowest BCUT2D eigenvalue weighted by molar-refractivity contribution is 0.0833. The Morgan fingerprint density at radius 1 is 1.29 bits per heavy atom. The Balaban J connectivity index is 1.62. The van der Waals surface area contributed by atoms with Gasteiger partial charge in [-0.3, -0.25) is 14.7 Å². The van der Waals surface area contributed by atoms with E-state index in [9.17, 15) is 13.2 Å². The standard InChI is InChI=1S/C19H20N4O3S2/c1-11-20-8-13(27-11)10-22-18(24)15-7-14(28(2,25)26)5-6-16(15)23-17(12-3-4-12)9-21-19(22)23/h5-8,12,17H,3-4,9-10H2,1-2H3/t17-/m1/s1. The van der Waals surface area contributed by atoms with Gasteiger partial charge in [-0.25, -0.2) is 13.4 Å². The van der Waals surface area contributed by atoms with E-state index in [4.69, 9.17) is 4.99 Å². The summed E-state index contributed by atoms with van der Waals surface area (Å²) in [4.78, 5) is 27.3. The summed E-state index contributed by atoms with van der Waals surface area (Å²) in [6, 6.07) is 5.09. The predicted octanol–water partition coefficient (Wildman–Crippen LogP) is 2.47. The zero-order valence-corrected chi connectivity index (χ0v) is 17.3. The summed E-state index contributed by atoms with van der Waals surface area (Å²) in [5.41, 5.74) is 1.19. The normalized spacial score (nSPS) is 21.6. The minimum Gasteiger partial charge on any atom is -0.306 e. The van der Waals surface area contributed by atoms with Crippen molar-refractivity contribution in [1.29, 1.82) is 0 Å². The number of aromatic nitrogens is 1. The van der Waals surface area contributed by atoms with Gasteiger partial charge in [0.15, 0.2) is 9.84 Å². The van der Waals surface area contributed by atoms with Gasteiger partial charge in [-0.05, 0) is 43.9 Å². The molecule has 0 spiro atoms. The van der Waals surface area contributed by atoms with Gasteiger partial charge in [-0.2, -0.15) is 0 Å². The fourth-order valence-electron chi connectivity index (χ4n) is 3.96. The van der Waals surface area contributed by atoms with Gasteiger partial charge in [-0.1, -0.05) is 0 Å². The summed E-state index contributed by atoms with van der Waals surface area (Å²) in [6.07, 6.45) is 5.29. The molecule has 1 aromatic carbocycles. The molecule has 0 radical (unpaired) electrons. The molecule has 0 N–H and O–H groups in total. The maximum atomic E-state index is 13.3. The first-order chi connectivity index (χ1) is 13.3. The Morgan fingerprint density at radius 3 is 2.71 bits per heavy atom. The molecule has 1 amide bonds. The quantitative estimate of drug-likeness (QED) is 0.765. The zero-order valence-electron chi connectivity index (χ0n) is 15.6. The van der Waals surface area contributed by atoms with Gasteiger partial charge >= 0.3 is 0 Å². The van der Waals surface area contributed by atoms with Gasteiger partial charge in [0.05, 0.1) is 40.3 Å². The molecule has 2 aromatic rings. The predicted molar refractivity (Wildman–Crippen MR) is 108 cm³/mol. The molecular weight excluding hydrogens is 396 g/mol. The summed E-state index contributed by atoms with van der Waals surface area (Å²) >= 11 is 1.55. The van der Waals surface area contributed by atoms with Gasteiger partial charge in [0.1, 0.15) is 0 Å². The summed E-state index contributed by atoms with van der Waals surface area (Å²) in [7, 11) is -3.40. The average Bonchev–Trinajstić information content (AvgIpc) is 3.26. The van der Waals surface area contributed by atoms with Gasteiger partial charge in [0.25, 0.3) is 5.91 Å². The highest BCUT2D eigenvalue weighted by atomic mass is 32.2. The van der Waals surface area contributed by atoms with Crippen molar-refractivity contribution in [2.75, 3.05) is 17.7 Å². The van der Waals surface area contributed by atoms with Crippen LogP contribution < -0.4 is 4.90 Å². The van der Waals surface area contributed by atoms with Gasteiger partial charge in [-0.15, -0.1) is 11.3 Å². The lowest BCUT2D eigenvalue weighted by Crippen LogP contribution is -2.53. The van der Waals surface area contributed by atoms with E-state index in [1.54, 1.807) is 34.6 Å². The van der Waals surface area contributed by atoms with E-state index in [1.807, 2.05) is 6.92 Å². The molecule has 7 nitrogen and oxygen atoms in total. The minimum atomic E-state index is -3.40. The zero-order chi connectivity index (χ0) is 19.6. The van der Waals surface area contributed by atoms with Crippen molar-refractivity contribution in [3.05, 3.63) is 39.8 Å². The summed E-state index contributed by atoms with van der Waals surface area (Å²) in [6.45, 7) is 2.99. The Hall–Kier alpha value is -2.26. The molecule has 9 heteroatoms. The molecule has 1 fully saturated rings. The van der Waals surface area contributed by atoms with Gasteiger partial charge in [0, 0.05) is 17.3 Å². The number of fused-ring (bicyclic) bond motifs is 3. The van der Waals surface area contributed by atoms with E-state index in [1.165, 1.54) is 18.9 Å². The van der Waals surface area contributed by atoms with E-state index >= 15 is 0 Å². The number of rotatable bonds is 4. The lowest BCUT2D eigenvalue weighted by atomic mass is 10.0. The molecule has 2 aliphatic heterocycles. The molecule has 0 saturated heterocycles. The molecule has 0 unspecified atom stereocenters. The maximum absolute atomic E-state index is 13.3. The van der Waals surface area contributed by atoms with Crippen LogP contribution in [0.4, 0.5) is 5.69 Å². The third-order valence-corrected chi connectivity index (χ3v) is 7.50. The molecule has 1 aliphatic carbocycles. The number of carbonyl (C=O) groups is 1. The molecule has 3 aliphatic rings. The molecule has 1 aromatic heterocycles. The van der Waals surface area contributed by atoms with E-state index < -0.39 is 9.84 Å². The van der Waals surface area contributed by atoms with Crippen LogP contribution in [0.25, 0.3) is 0 Å². The number of aliphatic imine (C=N–C) groups is 1. The van der Waals surface area contributed by atoms with Gasteiger partial charge in [0.2, 0.25) is 5.96 Å². The number of anilines is 1. The number of amides is 1. The second-order valence-electron chi connectivity index (χ2n) is 7.60. The van der Waals surface area contributed by atoms with E-state index in [0.717, 1.165) is 21.8 Å². The van der Waals surface area contributed by atoms with Crippen LogP contribution in [-0.4, -0.2) is 49.0 Å². The first kappa shape index (κ1) is 17.8. The van der Waals surface area contributed by atoms with Crippen LogP contribution in [0.5, 0.6) is 0 Å². The second kappa shape index (κ2) is 6.12. The smallest absolute Gasteiger partial charge is 0.263 e. The third-order valence-electron chi connectivity index (χ3n) is 5.49. The first-order valence-electron chi connectivity index (χ1n) is 9.24. The van der Waals surface area contributed by atoms with Crippen molar-refractivity contribution in [2.24, 2.45) is 10.9 Å². The number of thiazole rings is 1. The molecule has 0 bridgehead atoms.